The molecule has 0 unspecified atom stereocenters. The van der Waals surface area contributed by atoms with Crippen molar-refractivity contribution < 1.29 is 19.1 Å². The maximum absolute atomic E-state index is 13.7. The molecule has 10 nitrogen and oxygen atoms in total. The summed E-state index contributed by atoms with van der Waals surface area (Å²) >= 11 is 6.39. The van der Waals surface area contributed by atoms with Crippen molar-refractivity contribution in [1.82, 2.24) is 14.9 Å². The van der Waals surface area contributed by atoms with Crippen LogP contribution >= 0.6 is 11.6 Å². The molecule has 49 heavy (non-hydrogen) atoms. The molecule has 0 fully saturated rings. The molecule has 1 aromatic heterocycles. The Morgan fingerprint density at radius 1 is 1.02 bits per heavy atom. The van der Waals surface area contributed by atoms with E-state index in [1.165, 1.54) is 12.7 Å². The summed E-state index contributed by atoms with van der Waals surface area (Å²) in [4.78, 5) is 44.8. The van der Waals surface area contributed by atoms with Gasteiger partial charge < -0.3 is 25.0 Å². The van der Waals surface area contributed by atoms with Crippen LogP contribution in [0.1, 0.15) is 44.5 Å². The Morgan fingerprint density at radius 3 is 2.63 bits per heavy atom. The summed E-state index contributed by atoms with van der Waals surface area (Å²) in [6, 6.07) is 23.0. The molecule has 3 aliphatic heterocycles. The first-order valence-electron chi connectivity index (χ1n) is 16.2. The van der Waals surface area contributed by atoms with E-state index in [4.69, 9.17) is 31.8 Å². The van der Waals surface area contributed by atoms with E-state index < -0.39 is 0 Å². The van der Waals surface area contributed by atoms with Crippen LogP contribution in [-0.2, 0) is 30.8 Å². The molecule has 5 aromatic rings. The first kappa shape index (κ1) is 30.8. The number of hydrogen-bond donors (Lipinski definition) is 1. The number of ether oxygens (including phenoxy) is 2. The fourth-order valence-corrected chi connectivity index (χ4v) is 7.41. The zero-order valence-corrected chi connectivity index (χ0v) is 27.6. The third-order valence-electron chi connectivity index (χ3n) is 9.59. The van der Waals surface area contributed by atoms with Crippen LogP contribution in [0.25, 0.3) is 10.8 Å². The minimum atomic E-state index is -0.143. The van der Waals surface area contributed by atoms with E-state index in [0.717, 1.165) is 27.6 Å². The highest BCUT2D eigenvalue weighted by atomic mass is 35.5. The molecular formula is C38H33ClN6O4. The largest absolute Gasteiger partial charge is 0.493 e. The Balaban J connectivity index is 0.997. The standard InChI is InChI=1S/C38H33ClN6O4/c1-48-33-14-29-31(42-18-26-12-22-6-2-3-7-23(22)19-44(26)38(29)47)16-34(33)49-21-35-41-11-10-25(43-35)13-36(46)45-20-24(17-39)37-28-9-5-4-8-27(28)30(40)15-32(37)45/h2-11,14-16,18,24,26H,12-13,17,19-21,40H2,1H3/t24-,26+/m1/s1. The van der Waals surface area contributed by atoms with Gasteiger partial charge in [0.15, 0.2) is 17.3 Å². The van der Waals surface area contributed by atoms with E-state index in [2.05, 4.69) is 22.1 Å². The van der Waals surface area contributed by atoms with Crippen LogP contribution in [0, 0.1) is 0 Å². The number of aliphatic imine (C=N–C) groups is 1. The Bertz CT molecular complexity index is 2170. The van der Waals surface area contributed by atoms with E-state index in [-0.39, 0.29) is 36.8 Å². The summed E-state index contributed by atoms with van der Waals surface area (Å²) in [6.07, 6.45) is 4.23. The summed E-state index contributed by atoms with van der Waals surface area (Å²) < 4.78 is 11.8. The van der Waals surface area contributed by atoms with Crippen LogP contribution in [0.4, 0.5) is 17.1 Å². The number of benzene rings is 4. The van der Waals surface area contributed by atoms with Crippen molar-refractivity contribution in [2.24, 2.45) is 4.99 Å². The molecule has 0 saturated heterocycles. The number of rotatable bonds is 7. The van der Waals surface area contributed by atoms with Crippen molar-refractivity contribution in [3.8, 4) is 11.5 Å². The number of halogens is 1. The zero-order valence-electron chi connectivity index (χ0n) is 26.8. The number of amides is 2. The van der Waals surface area contributed by atoms with Gasteiger partial charge in [-0.25, -0.2) is 9.97 Å². The highest BCUT2D eigenvalue weighted by Crippen LogP contribution is 2.44. The van der Waals surface area contributed by atoms with Crippen LogP contribution in [0.2, 0.25) is 0 Å². The van der Waals surface area contributed by atoms with E-state index in [9.17, 15) is 9.59 Å². The van der Waals surface area contributed by atoms with Gasteiger partial charge in [-0.15, -0.1) is 11.6 Å². The van der Waals surface area contributed by atoms with Crippen LogP contribution in [0.5, 0.6) is 11.5 Å². The number of alkyl halides is 1. The Kier molecular flexibility index (Phi) is 7.88. The number of nitrogens with zero attached hydrogens (tertiary/aromatic N) is 5. The summed E-state index contributed by atoms with van der Waals surface area (Å²) in [5, 5.41) is 1.97. The van der Waals surface area contributed by atoms with Gasteiger partial charge in [0.2, 0.25) is 5.91 Å². The number of nitrogens with two attached hydrogens (primary N) is 1. The van der Waals surface area contributed by atoms with Gasteiger partial charge in [0.1, 0.15) is 6.61 Å². The van der Waals surface area contributed by atoms with Crippen LogP contribution < -0.4 is 20.1 Å². The summed E-state index contributed by atoms with van der Waals surface area (Å²) in [7, 11) is 1.53. The van der Waals surface area contributed by atoms with Crippen molar-refractivity contribution in [2.75, 3.05) is 30.2 Å². The van der Waals surface area contributed by atoms with Gasteiger partial charge in [0.25, 0.3) is 5.91 Å². The van der Waals surface area contributed by atoms with Crippen molar-refractivity contribution in [3.63, 3.8) is 0 Å². The van der Waals surface area contributed by atoms with E-state index >= 15 is 0 Å². The maximum Gasteiger partial charge on any atom is 0.257 e. The molecule has 2 N–H and O–H groups in total. The lowest BCUT2D eigenvalue weighted by Gasteiger charge is -2.34. The molecule has 0 spiro atoms. The first-order valence-corrected chi connectivity index (χ1v) is 16.7. The summed E-state index contributed by atoms with van der Waals surface area (Å²) in [5.74, 6) is 1.37. The Morgan fingerprint density at radius 2 is 1.82 bits per heavy atom. The molecule has 246 valence electrons. The molecule has 4 heterocycles. The third kappa shape index (κ3) is 5.51. The van der Waals surface area contributed by atoms with Gasteiger partial charge in [-0.05, 0) is 46.7 Å². The fourth-order valence-electron chi connectivity index (χ4n) is 7.16. The van der Waals surface area contributed by atoms with E-state index in [1.807, 2.05) is 53.6 Å². The smallest absolute Gasteiger partial charge is 0.257 e. The SMILES string of the molecule is COc1cc2c(cc1OCc1nccc(CC(=O)N3C[C@@H](CCl)c4c3cc(N)c3ccccc43)n1)N=C[C@@H]1Cc3ccccc3CN1C2=O. The number of fused-ring (bicyclic) bond motifs is 6. The van der Waals surface area contributed by atoms with Crippen LogP contribution in [0.15, 0.2) is 84.0 Å². The van der Waals surface area contributed by atoms with Gasteiger partial charge in [0, 0.05) is 60.1 Å². The lowest BCUT2D eigenvalue weighted by Crippen LogP contribution is -2.44. The Hall–Kier alpha value is -5.48. The molecule has 0 bridgehead atoms. The number of carbonyl (C=O) groups excluding carboxylic acids is 2. The fraction of sp³-hybridized carbons (Fsp3) is 0.237. The number of hydrogen-bond acceptors (Lipinski definition) is 8. The molecule has 4 aromatic carbocycles. The number of carbonyl (C=O) groups is 2. The second-order valence-electron chi connectivity index (χ2n) is 12.5. The maximum atomic E-state index is 13.7. The predicted molar refractivity (Wildman–Crippen MR) is 189 cm³/mol. The minimum Gasteiger partial charge on any atom is -0.493 e. The third-order valence-corrected chi connectivity index (χ3v) is 9.96. The molecular weight excluding hydrogens is 640 g/mol. The summed E-state index contributed by atoms with van der Waals surface area (Å²) in [5.41, 5.74) is 12.8. The van der Waals surface area contributed by atoms with Gasteiger partial charge in [-0.1, -0.05) is 48.5 Å². The Labute approximate surface area is 288 Å². The predicted octanol–water partition coefficient (Wildman–Crippen LogP) is 5.99. The first-order chi connectivity index (χ1) is 23.9. The monoisotopic (exact) mass is 672 g/mol. The lowest BCUT2D eigenvalue weighted by molar-refractivity contribution is -0.118. The second kappa shape index (κ2) is 12.5. The second-order valence-corrected chi connectivity index (χ2v) is 12.8. The van der Waals surface area contributed by atoms with Gasteiger partial charge in [-0.2, -0.15) is 0 Å². The summed E-state index contributed by atoms with van der Waals surface area (Å²) in [6.45, 7) is 1.01. The average Bonchev–Trinajstić information content (AvgIpc) is 3.45. The average molecular weight is 673 g/mol. The molecule has 2 amide bonds. The molecule has 8 rings (SSSR count). The van der Waals surface area contributed by atoms with Crippen LogP contribution in [-0.4, -0.2) is 58.5 Å². The number of methoxy groups -OCH3 is 1. The van der Waals surface area contributed by atoms with Crippen molar-refractivity contribution in [1.29, 1.82) is 0 Å². The zero-order chi connectivity index (χ0) is 33.6. The van der Waals surface area contributed by atoms with Crippen molar-refractivity contribution >= 4 is 57.5 Å². The molecule has 0 radical (unpaired) electrons. The van der Waals surface area contributed by atoms with Gasteiger partial charge in [0.05, 0.1) is 36.5 Å². The normalized spacial score (nSPS) is 17.6. The number of nitrogen functional groups attached to an aromatic ring is 1. The van der Waals surface area contributed by atoms with Crippen molar-refractivity contribution in [3.05, 3.63) is 113 Å². The topological polar surface area (TPSA) is 123 Å². The highest BCUT2D eigenvalue weighted by Gasteiger charge is 2.35. The quantitative estimate of drug-likeness (QED) is 0.166. The minimum absolute atomic E-state index is 0.00598. The van der Waals surface area contributed by atoms with Crippen molar-refractivity contribution in [2.45, 2.75) is 38.0 Å². The molecule has 2 atom stereocenters. The van der Waals surface area contributed by atoms with E-state index in [0.29, 0.717) is 65.3 Å². The van der Waals surface area contributed by atoms with E-state index in [1.54, 1.807) is 29.3 Å². The van der Waals surface area contributed by atoms with Gasteiger partial charge in [-0.3, -0.25) is 14.6 Å². The molecule has 3 aliphatic rings. The lowest BCUT2D eigenvalue weighted by atomic mass is 9.94. The number of anilines is 2. The highest BCUT2D eigenvalue weighted by molar-refractivity contribution is 6.19. The molecule has 0 aliphatic carbocycles. The molecule has 11 heteroatoms. The van der Waals surface area contributed by atoms with Crippen LogP contribution in [0.3, 0.4) is 0 Å². The van der Waals surface area contributed by atoms with Gasteiger partial charge >= 0.3 is 0 Å². The molecule has 0 saturated carbocycles. The number of aromatic nitrogens is 2.